The van der Waals surface area contributed by atoms with E-state index in [9.17, 15) is 0 Å². The zero-order valence-electron chi connectivity index (χ0n) is 23.5. The number of aromatic nitrogens is 2. The zero-order valence-corrected chi connectivity index (χ0v) is 23.5. The van der Waals surface area contributed by atoms with Crippen molar-refractivity contribution in [2.75, 3.05) is 0 Å². The molecule has 1 aliphatic heterocycles. The molecule has 0 amide bonds. The molecule has 3 heteroatoms. The van der Waals surface area contributed by atoms with Gasteiger partial charge in [0.2, 0.25) is 0 Å². The second kappa shape index (κ2) is 9.50. The van der Waals surface area contributed by atoms with E-state index in [0.29, 0.717) is 0 Å². The first-order chi connectivity index (χ1) is 21.3. The van der Waals surface area contributed by atoms with Gasteiger partial charge in [0, 0.05) is 44.5 Å². The lowest BCUT2D eigenvalue weighted by atomic mass is 9.90. The molecule has 6 aromatic carbocycles. The van der Waals surface area contributed by atoms with Crippen molar-refractivity contribution in [1.82, 2.24) is 9.55 Å². The van der Waals surface area contributed by atoms with Gasteiger partial charge in [-0.05, 0) is 71.5 Å². The summed E-state index contributed by atoms with van der Waals surface area (Å²) in [6.07, 6.45) is 3.75. The van der Waals surface area contributed by atoms with Crippen LogP contribution in [0.25, 0.3) is 60.3 Å². The van der Waals surface area contributed by atoms with Crippen LogP contribution in [0.3, 0.4) is 0 Å². The molecule has 0 fully saturated rings. The summed E-state index contributed by atoms with van der Waals surface area (Å²) >= 11 is 0. The van der Waals surface area contributed by atoms with Crippen molar-refractivity contribution in [1.29, 1.82) is 0 Å². The molecule has 3 heterocycles. The SMILES string of the molecule is c1cc(C2=Nc3c(c4cccnc4c4ccccc34)CC2)cc(-c2ccc(-n3c4ccccc4c4ccccc43)cc2)c1. The predicted molar refractivity (Wildman–Crippen MR) is 180 cm³/mol. The third-order valence-corrected chi connectivity index (χ3v) is 8.95. The normalized spacial score (nSPS) is 13.1. The molecule has 0 spiro atoms. The number of hydrogen-bond donors (Lipinski definition) is 0. The molecule has 0 N–H and O–H groups in total. The first-order valence-corrected chi connectivity index (χ1v) is 14.9. The van der Waals surface area contributed by atoms with Crippen molar-refractivity contribution in [3.05, 3.63) is 151 Å². The van der Waals surface area contributed by atoms with Gasteiger partial charge in [-0.2, -0.15) is 0 Å². The highest BCUT2D eigenvalue weighted by Crippen LogP contribution is 2.41. The molecule has 1 aliphatic rings. The third kappa shape index (κ3) is 3.75. The number of aryl methyl sites for hydroxylation is 1. The van der Waals surface area contributed by atoms with Crippen molar-refractivity contribution in [2.24, 2.45) is 4.99 Å². The van der Waals surface area contributed by atoms with E-state index in [1.807, 2.05) is 12.3 Å². The summed E-state index contributed by atoms with van der Waals surface area (Å²) in [5.41, 5.74) is 11.8. The molecule has 0 saturated carbocycles. The van der Waals surface area contributed by atoms with E-state index in [0.717, 1.165) is 29.8 Å². The highest BCUT2D eigenvalue weighted by molar-refractivity contribution is 6.16. The predicted octanol–water partition coefficient (Wildman–Crippen LogP) is 10.2. The Morgan fingerprint density at radius 3 is 1.91 bits per heavy atom. The highest BCUT2D eigenvalue weighted by atomic mass is 15.0. The zero-order chi connectivity index (χ0) is 28.3. The number of para-hydroxylation sites is 2. The average Bonchev–Trinajstić information content (AvgIpc) is 3.43. The van der Waals surface area contributed by atoms with Gasteiger partial charge in [-0.25, -0.2) is 0 Å². The number of pyridine rings is 1. The maximum absolute atomic E-state index is 5.32. The Morgan fingerprint density at radius 1 is 0.488 bits per heavy atom. The molecular weight excluding hydrogens is 522 g/mol. The quantitative estimate of drug-likeness (QED) is 0.202. The fourth-order valence-corrected chi connectivity index (χ4v) is 6.96. The van der Waals surface area contributed by atoms with E-state index >= 15 is 0 Å². The Labute approximate surface area is 249 Å². The lowest BCUT2D eigenvalue weighted by Crippen LogP contribution is -2.09. The summed E-state index contributed by atoms with van der Waals surface area (Å²) in [5.74, 6) is 0. The van der Waals surface area contributed by atoms with Gasteiger partial charge in [0.25, 0.3) is 0 Å². The number of fused-ring (bicyclic) bond motifs is 9. The molecule has 202 valence electrons. The molecule has 43 heavy (non-hydrogen) atoms. The van der Waals surface area contributed by atoms with Crippen LogP contribution in [-0.4, -0.2) is 15.3 Å². The van der Waals surface area contributed by atoms with Crippen molar-refractivity contribution < 1.29 is 0 Å². The Balaban J connectivity index is 1.12. The fourth-order valence-electron chi connectivity index (χ4n) is 6.96. The maximum atomic E-state index is 5.32. The van der Waals surface area contributed by atoms with Crippen LogP contribution < -0.4 is 0 Å². The van der Waals surface area contributed by atoms with E-state index < -0.39 is 0 Å². The summed E-state index contributed by atoms with van der Waals surface area (Å²) in [4.78, 5) is 10.1. The van der Waals surface area contributed by atoms with Crippen molar-refractivity contribution in [3.8, 4) is 16.8 Å². The summed E-state index contributed by atoms with van der Waals surface area (Å²) in [5, 5.41) is 6.12. The maximum Gasteiger partial charge on any atom is 0.0784 e. The Morgan fingerprint density at radius 2 is 1.14 bits per heavy atom. The molecule has 0 bridgehead atoms. The monoisotopic (exact) mass is 549 g/mol. The summed E-state index contributed by atoms with van der Waals surface area (Å²) in [6, 6.07) is 47.9. The van der Waals surface area contributed by atoms with Crippen LogP contribution in [0.1, 0.15) is 17.5 Å². The minimum atomic E-state index is 0.908. The first-order valence-electron chi connectivity index (χ1n) is 14.9. The second-order valence-corrected chi connectivity index (χ2v) is 11.3. The standard InChI is InChI=1S/C40H27N3/c1-2-14-34-32(13-1)39-33(15-8-24-41-39)35-22-23-36(42-40(34)35)28-10-7-9-27(25-28)26-18-20-29(21-19-26)43-37-16-5-3-11-30(37)31-12-4-6-17-38(31)43/h1-21,24-25H,22-23H2. The molecular formula is C40H27N3. The highest BCUT2D eigenvalue weighted by Gasteiger charge is 2.20. The number of aliphatic imine (C=N–C) groups is 1. The summed E-state index contributed by atoms with van der Waals surface area (Å²) in [6.45, 7) is 0. The van der Waals surface area contributed by atoms with Gasteiger partial charge in [0.15, 0.2) is 0 Å². The Kier molecular flexibility index (Phi) is 5.32. The molecule has 0 saturated heterocycles. The minimum Gasteiger partial charge on any atom is -0.309 e. The topological polar surface area (TPSA) is 30.2 Å². The van der Waals surface area contributed by atoms with E-state index in [2.05, 4.69) is 132 Å². The molecule has 3 nitrogen and oxygen atoms in total. The van der Waals surface area contributed by atoms with Crippen molar-refractivity contribution in [2.45, 2.75) is 12.8 Å². The molecule has 2 aromatic heterocycles. The van der Waals surface area contributed by atoms with Crippen LogP contribution in [0.5, 0.6) is 0 Å². The van der Waals surface area contributed by atoms with E-state index in [1.165, 1.54) is 65.9 Å². The van der Waals surface area contributed by atoms with Gasteiger partial charge in [-0.3, -0.25) is 9.98 Å². The third-order valence-electron chi connectivity index (χ3n) is 8.95. The van der Waals surface area contributed by atoms with Crippen molar-refractivity contribution >= 4 is 54.9 Å². The minimum absolute atomic E-state index is 0.908. The number of nitrogens with zero attached hydrogens (tertiary/aromatic N) is 3. The molecule has 0 atom stereocenters. The van der Waals surface area contributed by atoms with Crippen LogP contribution in [0.4, 0.5) is 5.69 Å². The van der Waals surface area contributed by atoms with Gasteiger partial charge >= 0.3 is 0 Å². The largest absolute Gasteiger partial charge is 0.309 e. The van der Waals surface area contributed by atoms with Crippen LogP contribution in [-0.2, 0) is 6.42 Å². The first kappa shape index (κ1) is 24.1. The van der Waals surface area contributed by atoms with E-state index in [1.54, 1.807) is 0 Å². The van der Waals surface area contributed by atoms with Gasteiger partial charge in [-0.15, -0.1) is 0 Å². The molecule has 0 unspecified atom stereocenters. The van der Waals surface area contributed by atoms with Crippen LogP contribution in [0, 0.1) is 0 Å². The van der Waals surface area contributed by atoms with E-state index in [-0.39, 0.29) is 0 Å². The molecule has 0 radical (unpaired) electrons. The Hall–Kier alpha value is -5.54. The molecule has 0 aliphatic carbocycles. The van der Waals surface area contributed by atoms with Crippen LogP contribution >= 0.6 is 0 Å². The second-order valence-electron chi connectivity index (χ2n) is 11.3. The number of rotatable bonds is 3. The fraction of sp³-hybridized carbons (Fsp3) is 0.0500. The number of benzene rings is 6. The average molecular weight is 550 g/mol. The van der Waals surface area contributed by atoms with Crippen LogP contribution in [0.2, 0.25) is 0 Å². The van der Waals surface area contributed by atoms with Crippen molar-refractivity contribution in [3.63, 3.8) is 0 Å². The summed E-state index contributed by atoms with van der Waals surface area (Å²) in [7, 11) is 0. The smallest absolute Gasteiger partial charge is 0.0784 e. The van der Waals surface area contributed by atoms with Crippen LogP contribution in [0.15, 0.2) is 145 Å². The Bertz CT molecular complexity index is 2340. The summed E-state index contributed by atoms with van der Waals surface area (Å²) < 4.78 is 2.36. The molecule has 8 aromatic rings. The van der Waals surface area contributed by atoms with Gasteiger partial charge in [-0.1, -0.05) is 97.1 Å². The van der Waals surface area contributed by atoms with E-state index in [4.69, 9.17) is 9.98 Å². The van der Waals surface area contributed by atoms with Gasteiger partial charge in [0.1, 0.15) is 0 Å². The lowest BCUT2D eigenvalue weighted by Gasteiger charge is -2.20. The van der Waals surface area contributed by atoms with Gasteiger partial charge in [0.05, 0.1) is 22.2 Å². The van der Waals surface area contributed by atoms with Gasteiger partial charge < -0.3 is 4.57 Å². The number of hydrogen-bond acceptors (Lipinski definition) is 2. The lowest BCUT2D eigenvalue weighted by molar-refractivity contribution is 1.02. The molecule has 9 rings (SSSR count).